The molecule has 0 aliphatic heterocycles. The second kappa shape index (κ2) is 4.03. The summed E-state index contributed by atoms with van der Waals surface area (Å²) < 4.78 is 1.84. The summed E-state index contributed by atoms with van der Waals surface area (Å²) in [6.07, 6.45) is 7.37. The molecule has 78 valence electrons. The number of hydrogen-bond acceptors (Lipinski definition) is 2. The molecular formula is C11H19N3. The van der Waals surface area contributed by atoms with Crippen molar-refractivity contribution in [3.05, 3.63) is 12.3 Å². The van der Waals surface area contributed by atoms with Gasteiger partial charge >= 0.3 is 0 Å². The molecule has 1 aromatic rings. The normalized spacial score (nSPS) is 27.6. The zero-order valence-electron chi connectivity index (χ0n) is 9.03. The summed E-state index contributed by atoms with van der Waals surface area (Å²) in [5.74, 6) is 1.80. The van der Waals surface area contributed by atoms with Crippen molar-refractivity contribution in [2.75, 3.05) is 5.32 Å². The number of anilines is 1. The number of nitrogens with one attached hydrogen (secondary N) is 1. The van der Waals surface area contributed by atoms with E-state index in [1.165, 1.54) is 25.7 Å². The first-order valence-corrected chi connectivity index (χ1v) is 5.52. The Hall–Kier alpha value is -0.990. The fourth-order valence-corrected chi connectivity index (χ4v) is 2.21. The van der Waals surface area contributed by atoms with Gasteiger partial charge in [-0.15, -0.1) is 0 Å². The molecular weight excluding hydrogens is 174 g/mol. The van der Waals surface area contributed by atoms with Gasteiger partial charge in [-0.25, -0.2) is 0 Å². The number of aryl methyl sites for hydroxylation is 1. The summed E-state index contributed by atoms with van der Waals surface area (Å²) in [7, 11) is 1.95. The van der Waals surface area contributed by atoms with Gasteiger partial charge in [-0.3, -0.25) is 4.68 Å². The second-order valence-corrected chi connectivity index (χ2v) is 4.39. The van der Waals surface area contributed by atoms with Crippen molar-refractivity contribution in [3.63, 3.8) is 0 Å². The Morgan fingerprint density at radius 1 is 1.43 bits per heavy atom. The van der Waals surface area contributed by atoms with E-state index in [0.29, 0.717) is 6.04 Å². The van der Waals surface area contributed by atoms with Crippen molar-refractivity contribution >= 4 is 5.82 Å². The van der Waals surface area contributed by atoms with E-state index >= 15 is 0 Å². The lowest BCUT2D eigenvalue weighted by Crippen LogP contribution is -2.30. The first-order chi connectivity index (χ1) is 6.75. The Morgan fingerprint density at radius 3 is 2.86 bits per heavy atom. The Kier molecular flexibility index (Phi) is 2.75. The summed E-state index contributed by atoms with van der Waals surface area (Å²) in [6, 6.07) is 2.67. The fraction of sp³-hybridized carbons (Fsp3) is 0.727. The highest BCUT2D eigenvalue weighted by molar-refractivity contribution is 5.33. The standard InChI is InChI=1S/C11H19N3/c1-9-5-3-4-6-10(9)12-11-7-8-14(2)13-11/h7-10H,3-6H2,1-2H3,(H,12,13). The largest absolute Gasteiger partial charge is 0.366 e. The van der Waals surface area contributed by atoms with Gasteiger partial charge in [-0.1, -0.05) is 19.8 Å². The number of aromatic nitrogens is 2. The van der Waals surface area contributed by atoms with Crippen LogP contribution in [0.5, 0.6) is 0 Å². The zero-order chi connectivity index (χ0) is 9.97. The molecule has 1 heterocycles. The van der Waals surface area contributed by atoms with Gasteiger partial charge in [0.1, 0.15) is 5.82 Å². The van der Waals surface area contributed by atoms with Crippen molar-refractivity contribution in [3.8, 4) is 0 Å². The molecule has 1 saturated carbocycles. The van der Waals surface area contributed by atoms with Crippen molar-refractivity contribution in [2.45, 2.75) is 38.6 Å². The van der Waals surface area contributed by atoms with Crippen LogP contribution >= 0.6 is 0 Å². The highest BCUT2D eigenvalue weighted by Gasteiger charge is 2.21. The van der Waals surface area contributed by atoms with Crippen molar-refractivity contribution in [1.29, 1.82) is 0 Å². The maximum Gasteiger partial charge on any atom is 0.148 e. The van der Waals surface area contributed by atoms with E-state index in [9.17, 15) is 0 Å². The third-order valence-corrected chi connectivity index (χ3v) is 3.16. The number of rotatable bonds is 2. The van der Waals surface area contributed by atoms with Crippen LogP contribution in [0.3, 0.4) is 0 Å². The van der Waals surface area contributed by atoms with E-state index in [-0.39, 0.29) is 0 Å². The minimum Gasteiger partial charge on any atom is -0.366 e. The van der Waals surface area contributed by atoms with E-state index in [0.717, 1.165) is 11.7 Å². The zero-order valence-corrected chi connectivity index (χ0v) is 9.03. The average Bonchev–Trinajstić information content (AvgIpc) is 2.56. The van der Waals surface area contributed by atoms with Crippen LogP contribution in [0.4, 0.5) is 5.82 Å². The lowest BCUT2D eigenvalue weighted by molar-refractivity contribution is 0.349. The molecule has 1 aliphatic carbocycles. The molecule has 0 radical (unpaired) electrons. The van der Waals surface area contributed by atoms with Crippen molar-refractivity contribution < 1.29 is 0 Å². The molecule has 0 bridgehead atoms. The summed E-state index contributed by atoms with van der Waals surface area (Å²) in [4.78, 5) is 0. The molecule has 0 spiro atoms. The second-order valence-electron chi connectivity index (χ2n) is 4.39. The first kappa shape index (κ1) is 9.56. The minimum atomic E-state index is 0.624. The molecule has 14 heavy (non-hydrogen) atoms. The van der Waals surface area contributed by atoms with Gasteiger partial charge in [0.15, 0.2) is 0 Å². The van der Waals surface area contributed by atoms with Gasteiger partial charge in [-0.05, 0) is 18.8 Å². The molecule has 1 fully saturated rings. The molecule has 1 aliphatic rings. The molecule has 1 aromatic heterocycles. The van der Waals surface area contributed by atoms with E-state index in [1.54, 1.807) is 0 Å². The molecule has 3 heteroatoms. The molecule has 0 aromatic carbocycles. The van der Waals surface area contributed by atoms with Crippen LogP contribution in [0, 0.1) is 5.92 Å². The fourth-order valence-electron chi connectivity index (χ4n) is 2.21. The smallest absolute Gasteiger partial charge is 0.148 e. The van der Waals surface area contributed by atoms with Crippen LogP contribution in [-0.4, -0.2) is 15.8 Å². The van der Waals surface area contributed by atoms with Gasteiger partial charge in [0.05, 0.1) is 0 Å². The van der Waals surface area contributed by atoms with E-state index in [1.807, 2.05) is 24.0 Å². The molecule has 1 N–H and O–H groups in total. The van der Waals surface area contributed by atoms with E-state index in [4.69, 9.17) is 0 Å². The molecule has 3 nitrogen and oxygen atoms in total. The monoisotopic (exact) mass is 193 g/mol. The van der Waals surface area contributed by atoms with E-state index < -0.39 is 0 Å². The van der Waals surface area contributed by atoms with Crippen LogP contribution in [-0.2, 0) is 7.05 Å². The maximum atomic E-state index is 4.34. The third kappa shape index (κ3) is 2.08. The minimum absolute atomic E-state index is 0.624. The van der Waals surface area contributed by atoms with Gasteiger partial charge in [0, 0.05) is 25.4 Å². The Morgan fingerprint density at radius 2 is 2.21 bits per heavy atom. The van der Waals surface area contributed by atoms with Crippen LogP contribution in [0.25, 0.3) is 0 Å². The van der Waals surface area contributed by atoms with E-state index in [2.05, 4.69) is 17.3 Å². The molecule has 2 rings (SSSR count). The number of hydrogen-bond donors (Lipinski definition) is 1. The third-order valence-electron chi connectivity index (χ3n) is 3.16. The van der Waals surface area contributed by atoms with Crippen LogP contribution in [0.1, 0.15) is 32.6 Å². The molecule has 0 saturated heterocycles. The lowest BCUT2D eigenvalue weighted by Gasteiger charge is -2.29. The highest BCUT2D eigenvalue weighted by Crippen LogP contribution is 2.26. The topological polar surface area (TPSA) is 29.9 Å². The lowest BCUT2D eigenvalue weighted by atomic mass is 9.86. The summed E-state index contributed by atoms with van der Waals surface area (Å²) in [6.45, 7) is 2.33. The summed E-state index contributed by atoms with van der Waals surface area (Å²) >= 11 is 0. The Bertz CT molecular complexity index is 292. The first-order valence-electron chi connectivity index (χ1n) is 5.52. The summed E-state index contributed by atoms with van der Waals surface area (Å²) in [5.41, 5.74) is 0. The molecule has 0 amide bonds. The van der Waals surface area contributed by atoms with Crippen molar-refractivity contribution in [2.24, 2.45) is 13.0 Å². The average molecular weight is 193 g/mol. The van der Waals surface area contributed by atoms with Gasteiger partial charge in [-0.2, -0.15) is 5.10 Å². The van der Waals surface area contributed by atoms with Gasteiger partial charge < -0.3 is 5.32 Å². The Balaban J connectivity index is 1.95. The SMILES string of the molecule is CC1CCCCC1Nc1ccn(C)n1. The van der Waals surface area contributed by atoms with Crippen LogP contribution in [0.15, 0.2) is 12.3 Å². The van der Waals surface area contributed by atoms with Crippen LogP contribution < -0.4 is 5.32 Å². The van der Waals surface area contributed by atoms with Crippen molar-refractivity contribution in [1.82, 2.24) is 9.78 Å². The van der Waals surface area contributed by atoms with Gasteiger partial charge in [0.25, 0.3) is 0 Å². The number of nitrogens with zero attached hydrogens (tertiary/aromatic N) is 2. The predicted octanol–water partition coefficient (Wildman–Crippen LogP) is 2.41. The van der Waals surface area contributed by atoms with Gasteiger partial charge in [0.2, 0.25) is 0 Å². The predicted molar refractivity (Wildman–Crippen MR) is 58.3 cm³/mol. The molecule has 2 atom stereocenters. The van der Waals surface area contributed by atoms with Crippen LogP contribution in [0.2, 0.25) is 0 Å². The maximum absolute atomic E-state index is 4.34. The Labute approximate surface area is 85.5 Å². The quantitative estimate of drug-likeness (QED) is 0.781. The molecule has 2 unspecified atom stereocenters. The highest BCUT2D eigenvalue weighted by atomic mass is 15.3. The summed E-state index contributed by atoms with van der Waals surface area (Å²) in [5, 5.41) is 7.86.